The van der Waals surface area contributed by atoms with E-state index in [-0.39, 0.29) is 12.5 Å². The summed E-state index contributed by atoms with van der Waals surface area (Å²) < 4.78 is 46.4. The van der Waals surface area contributed by atoms with E-state index < -0.39 is 16.1 Å². The number of carbonyl (C=O) groups is 1. The molecule has 176 valence electrons. The summed E-state index contributed by atoms with van der Waals surface area (Å²) in [6, 6.07) is 10.0. The summed E-state index contributed by atoms with van der Waals surface area (Å²) >= 11 is 0. The zero-order valence-electron chi connectivity index (χ0n) is 19.2. The predicted octanol–water partition coefficient (Wildman–Crippen LogP) is 2.58. The third kappa shape index (κ3) is 5.97. The molecule has 1 N–H and O–H groups in total. The molecule has 32 heavy (non-hydrogen) atoms. The van der Waals surface area contributed by atoms with Crippen molar-refractivity contribution in [2.75, 3.05) is 38.9 Å². The molecule has 2 rings (SSSR count). The van der Waals surface area contributed by atoms with Crippen molar-refractivity contribution in [1.82, 2.24) is 5.32 Å². The van der Waals surface area contributed by atoms with Crippen molar-refractivity contribution in [3.05, 3.63) is 42.0 Å². The van der Waals surface area contributed by atoms with Crippen molar-refractivity contribution < 1.29 is 32.2 Å². The number of hydrogen-bond acceptors (Lipinski definition) is 7. The first kappa shape index (κ1) is 25.1. The first-order chi connectivity index (χ1) is 15.2. The normalized spacial score (nSPS) is 11.9. The number of hydrogen-bond donors (Lipinski definition) is 1. The van der Waals surface area contributed by atoms with Crippen LogP contribution in [-0.2, 0) is 21.4 Å². The summed E-state index contributed by atoms with van der Waals surface area (Å²) in [5.41, 5.74) is 1.22. The van der Waals surface area contributed by atoms with Gasteiger partial charge in [0.2, 0.25) is 15.8 Å². The van der Waals surface area contributed by atoms with Crippen LogP contribution in [-0.4, -0.2) is 55.1 Å². The summed E-state index contributed by atoms with van der Waals surface area (Å²) in [6.45, 7) is 2.05. The van der Waals surface area contributed by atoms with E-state index in [2.05, 4.69) is 5.32 Å². The highest BCUT2D eigenvalue weighted by Gasteiger charge is 2.21. The van der Waals surface area contributed by atoms with E-state index in [1.54, 1.807) is 36.4 Å². The molecule has 2 aromatic carbocycles. The molecule has 0 aliphatic carbocycles. The number of ether oxygens (including phenoxy) is 4. The predicted molar refractivity (Wildman–Crippen MR) is 122 cm³/mol. The zero-order valence-corrected chi connectivity index (χ0v) is 20.0. The number of nitrogens with zero attached hydrogens (tertiary/aromatic N) is 1. The number of carbonyl (C=O) groups excluding carboxylic acids is 1. The Balaban J connectivity index is 2.08. The topological polar surface area (TPSA) is 103 Å². The number of amides is 1. The summed E-state index contributed by atoms with van der Waals surface area (Å²) in [4.78, 5) is 12.7. The molecule has 0 fully saturated rings. The second kappa shape index (κ2) is 10.9. The standard InChI is InChI=1S/C22H30N2O7S/c1-7-18(31-17-11-9-16(10-12-17)24(2)32(6,26)27)22(25)23-14-15-8-13-19(28-3)21(30-5)20(15)29-4/h8-13,18H,7,14H2,1-6H3,(H,23,25)/t18-/m0/s1. The molecule has 0 heterocycles. The molecule has 0 saturated heterocycles. The van der Waals surface area contributed by atoms with Crippen LogP contribution in [0.2, 0.25) is 0 Å². The van der Waals surface area contributed by atoms with Crippen LogP contribution in [0.15, 0.2) is 36.4 Å². The van der Waals surface area contributed by atoms with E-state index in [1.807, 2.05) is 6.92 Å². The number of benzene rings is 2. The molecule has 2 aromatic rings. The SMILES string of the molecule is CC[C@H](Oc1ccc(N(C)S(C)(=O)=O)cc1)C(=O)NCc1ccc(OC)c(OC)c1OC. The van der Waals surface area contributed by atoms with E-state index in [4.69, 9.17) is 18.9 Å². The Labute approximate surface area is 189 Å². The first-order valence-corrected chi connectivity index (χ1v) is 11.8. The molecule has 0 radical (unpaired) electrons. The fourth-order valence-electron chi connectivity index (χ4n) is 3.01. The molecular weight excluding hydrogens is 436 g/mol. The Morgan fingerprint density at radius 3 is 2.12 bits per heavy atom. The second-order valence-electron chi connectivity index (χ2n) is 6.95. The lowest BCUT2D eigenvalue weighted by molar-refractivity contribution is -0.128. The van der Waals surface area contributed by atoms with E-state index in [1.165, 1.54) is 28.4 Å². The highest BCUT2D eigenvalue weighted by atomic mass is 32.2. The lowest BCUT2D eigenvalue weighted by Crippen LogP contribution is -2.37. The van der Waals surface area contributed by atoms with Crippen molar-refractivity contribution in [3.63, 3.8) is 0 Å². The zero-order chi connectivity index (χ0) is 23.9. The maximum Gasteiger partial charge on any atom is 0.261 e. The smallest absolute Gasteiger partial charge is 0.261 e. The van der Waals surface area contributed by atoms with Crippen LogP contribution >= 0.6 is 0 Å². The van der Waals surface area contributed by atoms with Crippen LogP contribution in [0.5, 0.6) is 23.0 Å². The fourth-order valence-corrected chi connectivity index (χ4v) is 3.52. The summed E-state index contributed by atoms with van der Waals surface area (Å²) in [5.74, 6) is 1.62. The first-order valence-electron chi connectivity index (χ1n) is 9.92. The summed E-state index contributed by atoms with van der Waals surface area (Å²) in [5, 5.41) is 2.86. The molecular formula is C22H30N2O7S. The van der Waals surface area contributed by atoms with E-state index in [0.29, 0.717) is 35.1 Å². The largest absolute Gasteiger partial charge is 0.493 e. The molecule has 0 aliphatic rings. The van der Waals surface area contributed by atoms with Crippen LogP contribution in [0, 0.1) is 0 Å². The van der Waals surface area contributed by atoms with Crippen LogP contribution in [0.1, 0.15) is 18.9 Å². The molecule has 0 unspecified atom stereocenters. The van der Waals surface area contributed by atoms with Gasteiger partial charge in [-0.1, -0.05) is 6.92 Å². The number of nitrogens with one attached hydrogen (secondary N) is 1. The van der Waals surface area contributed by atoms with E-state index in [0.717, 1.165) is 16.1 Å². The number of methoxy groups -OCH3 is 3. The molecule has 0 aliphatic heterocycles. The van der Waals surface area contributed by atoms with Gasteiger partial charge in [0, 0.05) is 19.2 Å². The van der Waals surface area contributed by atoms with Gasteiger partial charge in [-0.3, -0.25) is 9.10 Å². The molecule has 0 spiro atoms. The second-order valence-corrected chi connectivity index (χ2v) is 8.96. The van der Waals surface area contributed by atoms with Gasteiger partial charge in [-0.05, 0) is 42.8 Å². The number of rotatable bonds is 11. The Bertz CT molecular complexity index is 1020. The van der Waals surface area contributed by atoms with Crippen molar-refractivity contribution in [3.8, 4) is 23.0 Å². The number of sulfonamides is 1. The molecule has 0 aromatic heterocycles. The third-order valence-electron chi connectivity index (χ3n) is 4.88. The van der Waals surface area contributed by atoms with Gasteiger partial charge in [-0.25, -0.2) is 8.42 Å². The summed E-state index contributed by atoms with van der Waals surface area (Å²) in [7, 11) is 2.68. The summed E-state index contributed by atoms with van der Waals surface area (Å²) in [6.07, 6.45) is 0.849. The molecule has 1 amide bonds. The van der Waals surface area contributed by atoms with Crippen LogP contribution < -0.4 is 28.6 Å². The maximum atomic E-state index is 12.7. The van der Waals surface area contributed by atoms with Gasteiger partial charge in [0.15, 0.2) is 17.6 Å². The molecule has 10 heteroatoms. The number of anilines is 1. The highest BCUT2D eigenvalue weighted by molar-refractivity contribution is 7.92. The maximum absolute atomic E-state index is 12.7. The average Bonchev–Trinajstić information content (AvgIpc) is 2.79. The minimum Gasteiger partial charge on any atom is -0.493 e. The highest BCUT2D eigenvalue weighted by Crippen LogP contribution is 2.39. The monoisotopic (exact) mass is 466 g/mol. The van der Waals surface area contributed by atoms with Gasteiger partial charge in [0.25, 0.3) is 5.91 Å². The molecule has 1 atom stereocenters. The molecule has 0 saturated carbocycles. The minimum absolute atomic E-state index is 0.209. The Kier molecular flexibility index (Phi) is 8.59. The van der Waals surface area contributed by atoms with Crippen molar-refractivity contribution in [1.29, 1.82) is 0 Å². The van der Waals surface area contributed by atoms with Crippen molar-refractivity contribution in [2.45, 2.75) is 26.0 Å². The van der Waals surface area contributed by atoms with E-state index in [9.17, 15) is 13.2 Å². The van der Waals surface area contributed by atoms with Gasteiger partial charge in [0.05, 0.1) is 33.3 Å². The fraction of sp³-hybridized carbons (Fsp3) is 0.409. The average molecular weight is 467 g/mol. The Hall–Kier alpha value is -3.14. The van der Waals surface area contributed by atoms with Crippen molar-refractivity contribution >= 4 is 21.6 Å². The van der Waals surface area contributed by atoms with Gasteiger partial charge < -0.3 is 24.3 Å². The van der Waals surface area contributed by atoms with Gasteiger partial charge >= 0.3 is 0 Å². The molecule has 9 nitrogen and oxygen atoms in total. The van der Waals surface area contributed by atoms with Gasteiger partial charge in [-0.2, -0.15) is 0 Å². The quantitative estimate of drug-likeness (QED) is 0.543. The van der Waals surface area contributed by atoms with Gasteiger partial charge in [0.1, 0.15) is 5.75 Å². The van der Waals surface area contributed by atoms with E-state index >= 15 is 0 Å². The van der Waals surface area contributed by atoms with Crippen LogP contribution in [0.25, 0.3) is 0 Å². The van der Waals surface area contributed by atoms with Crippen LogP contribution in [0.3, 0.4) is 0 Å². The minimum atomic E-state index is -3.36. The third-order valence-corrected chi connectivity index (χ3v) is 6.08. The Morgan fingerprint density at radius 1 is 1.00 bits per heavy atom. The Morgan fingerprint density at radius 2 is 1.62 bits per heavy atom. The van der Waals surface area contributed by atoms with Crippen LogP contribution in [0.4, 0.5) is 5.69 Å². The lowest BCUT2D eigenvalue weighted by atomic mass is 10.1. The lowest BCUT2D eigenvalue weighted by Gasteiger charge is -2.20. The van der Waals surface area contributed by atoms with Crippen molar-refractivity contribution in [2.24, 2.45) is 0 Å². The van der Waals surface area contributed by atoms with Gasteiger partial charge in [-0.15, -0.1) is 0 Å². The molecule has 0 bridgehead atoms.